The van der Waals surface area contributed by atoms with Crippen LogP contribution in [-0.4, -0.2) is 31.6 Å². The molecule has 8 heteroatoms. The number of hydrogen-bond acceptors (Lipinski definition) is 5. The van der Waals surface area contributed by atoms with Gasteiger partial charge in [-0.2, -0.15) is 0 Å². The SMILES string of the molecule is COc1ccccc1OCC(=O)Nc1ccc2c(c1)N(Cc1ccc(Cl)cc1)C(=O)C(C)O2. The van der Waals surface area contributed by atoms with Gasteiger partial charge >= 0.3 is 0 Å². The molecule has 0 saturated carbocycles. The molecule has 3 aromatic rings. The Balaban J connectivity index is 1.49. The van der Waals surface area contributed by atoms with Crippen LogP contribution >= 0.6 is 11.6 Å². The van der Waals surface area contributed by atoms with Gasteiger partial charge in [0, 0.05) is 10.7 Å². The lowest BCUT2D eigenvalue weighted by molar-refractivity contribution is -0.125. The number of amides is 2. The van der Waals surface area contributed by atoms with E-state index < -0.39 is 6.10 Å². The Morgan fingerprint density at radius 1 is 1.09 bits per heavy atom. The predicted octanol–water partition coefficient (Wildman–Crippen LogP) is 4.68. The fraction of sp³-hybridized carbons (Fsp3) is 0.200. The summed E-state index contributed by atoms with van der Waals surface area (Å²) in [5.41, 5.74) is 2.03. The summed E-state index contributed by atoms with van der Waals surface area (Å²) >= 11 is 5.98. The van der Waals surface area contributed by atoms with Crippen LogP contribution in [0.25, 0.3) is 0 Å². The Bertz CT molecular complexity index is 1170. The van der Waals surface area contributed by atoms with E-state index in [-0.39, 0.29) is 18.4 Å². The van der Waals surface area contributed by atoms with Crippen molar-refractivity contribution in [2.24, 2.45) is 0 Å². The summed E-state index contributed by atoms with van der Waals surface area (Å²) in [6.45, 7) is 1.87. The van der Waals surface area contributed by atoms with Crippen molar-refractivity contribution in [3.8, 4) is 17.2 Å². The molecule has 0 fully saturated rings. The predicted molar refractivity (Wildman–Crippen MR) is 126 cm³/mol. The van der Waals surface area contributed by atoms with E-state index in [1.165, 1.54) is 7.11 Å². The second-order valence-corrected chi connectivity index (χ2v) is 7.92. The highest BCUT2D eigenvalue weighted by atomic mass is 35.5. The van der Waals surface area contributed by atoms with Crippen LogP contribution in [0.2, 0.25) is 5.02 Å². The summed E-state index contributed by atoms with van der Waals surface area (Å²) in [5, 5.41) is 3.43. The summed E-state index contributed by atoms with van der Waals surface area (Å²) in [4.78, 5) is 27.0. The van der Waals surface area contributed by atoms with Gasteiger partial charge in [0.25, 0.3) is 11.8 Å². The molecule has 0 saturated heterocycles. The molecule has 0 spiro atoms. The number of nitrogens with zero attached hydrogens (tertiary/aromatic N) is 1. The highest BCUT2D eigenvalue weighted by molar-refractivity contribution is 6.30. The van der Waals surface area contributed by atoms with Gasteiger partial charge in [0.1, 0.15) is 5.75 Å². The van der Waals surface area contributed by atoms with Crippen molar-refractivity contribution in [3.05, 3.63) is 77.3 Å². The number of anilines is 2. The molecule has 1 atom stereocenters. The van der Waals surface area contributed by atoms with E-state index in [9.17, 15) is 9.59 Å². The standard InChI is InChI=1S/C25H23ClN2O5/c1-16-25(30)28(14-17-7-9-18(26)10-8-17)20-13-19(11-12-21(20)33-16)27-24(29)15-32-23-6-4-3-5-22(23)31-2/h3-13,16H,14-15H2,1-2H3,(H,27,29). The number of hydrogen-bond donors (Lipinski definition) is 1. The Labute approximate surface area is 196 Å². The van der Waals surface area contributed by atoms with E-state index in [0.29, 0.717) is 40.2 Å². The van der Waals surface area contributed by atoms with E-state index in [0.717, 1.165) is 5.56 Å². The van der Waals surface area contributed by atoms with Crippen LogP contribution < -0.4 is 24.4 Å². The zero-order valence-electron chi connectivity index (χ0n) is 18.2. The van der Waals surface area contributed by atoms with Gasteiger partial charge < -0.3 is 24.4 Å². The third kappa shape index (κ3) is 5.21. The molecule has 1 aliphatic rings. The number of halogens is 1. The lowest BCUT2D eigenvalue weighted by atomic mass is 10.1. The number of fused-ring (bicyclic) bond motifs is 1. The lowest BCUT2D eigenvalue weighted by Gasteiger charge is -2.33. The van der Waals surface area contributed by atoms with Gasteiger partial charge in [-0.15, -0.1) is 0 Å². The van der Waals surface area contributed by atoms with Gasteiger partial charge in [-0.3, -0.25) is 9.59 Å². The minimum atomic E-state index is -0.612. The number of carbonyl (C=O) groups excluding carboxylic acids is 2. The third-order valence-corrected chi connectivity index (χ3v) is 5.38. The zero-order chi connectivity index (χ0) is 23.4. The molecule has 33 heavy (non-hydrogen) atoms. The number of ether oxygens (including phenoxy) is 3. The van der Waals surface area contributed by atoms with Crippen molar-refractivity contribution in [1.29, 1.82) is 0 Å². The van der Waals surface area contributed by atoms with Gasteiger partial charge in [-0.05, 0) is 55.0 Å². The first-order chi connectivity index (χ1) is 15.9. The summed E-state index contributed by atoms with van der Waals surface area (Å²) < 4.78 is 16.6. The van der Waals surface area contributed by atoms with Crippen molar-refractivity contribution < 1.29 is 23.8 Å². The second kappa shape index (κ2) is 9.83. The summed E-state index contributed by atoms with van der Waals surface area (Å²) in [5.74, 6) is 1.07. The summed E-state index contributed by atoms with van der Waals surface area (Å²) in [6.07, 6.45) is -0.612. The Morgan fingerprint density at radius 2 is 1.82 bits per heavy atom. The summed E-state index contributed by atoms with van der Waals surface area (Å²) in [7, 11) is 1.54. The van der Waals surface area contributed by atoms with Crippen LogP contribution in [0.3, 0.4) is 0 Å². The Morgan fingerprint density at radius 3 is 2.55 bits per heavy atom. The van der Waals surface area contributed by atoms with E-state index in [4.69, 9.17) is 25.8 Å². The van der Waals surface area contributed by atoms with Crippen LogP contribution in [0.5, 0.6) is 17.2 Å². The molecular weight excluding hydrogens is 444 g/mol. The highest BCUT2D eigenvalue weighted by Gasteiger charge is 2.31. The van der Waals surface area contributed by atoms with Gasteiger partial charge in [0.05, 0.1) is 19.3 Å². The quantitative estimate of drug-likeness (QED) is 0.547. The first-order valence-electron chi connectivity index (χ1n) is 10.4. The largest absolute Gasteiger partial charge is 0.493 e. The number of rotatable bonds is 7. The maximum atomic E-state index is 12.9. The molecular formula is C25H23ClN2O5. The third-order valence-electron chi connectivity index (χ3n) is 5.13. The fourth-order valence-electron chi connectivity index (χ4n) is 3.50. The topological polar surface area (TPSA) is 77.1 Å². The van der Waals surface area contributed by atoms with Crippen LogP contribution in [-0.2, 0) is 16.1 Å². The molecule has 0 aromatic heterocycles. The maximum Gasteiger partial charge on any atom is 0.268 e. The van der Waals surface area contributed by atoms with E-state index >= 15 is 0 Å². The molecule has 170 valence electrons. The average molecular weight is 467 g/mol. The number of methoxy groups -OCH3 is 1. The van der Waals surface area contributed by atoms with Crippen molar-refractivity contribution in [1.82, 2.24) is 0 Å². The monoisotopic (exact) mass is 466 g/mol. The smallest absolute Gasteiger partial charge is 0.268 e. The van der Waals surface area contributed by atoms with Crippen molar-refractivity contribution in [2.45, 2.75) is 19.6 Å². The molecule has 1 N–H and O–H groups in total. The molecule has 3 aromatic carbocycles. The van der Waals surface area contributed by atoms with Gasteiger partial charge in [-0.1, -0.05) is 35.9 Å². The number of nitrogens with one attached hydrogen (secondary N) is 1. The van der Waals surface area contributed by atoms with Gasteiger partial charge in [-0.25, -0.2) is 0 Å². The molecule has 7 nitrogen and oxygen atoms in total. The van der Waals surface area contributed by atoms with Crippen LogP contribution in [0.1, 0.15) is 12.5 Å². The molecule has 2 amide bonds. The van der Waals surface area contributed by atoms with E-state index in [1.807, 2.05) is 18.2 Å². The lowest BCUT2D eigenvalue weighted by Crippen LogP contribution is -2.44. The Kier molecular flexibility index (Phi) is 6.70. The van der Waals surface area contributed by atoms with Crippen molar-refractivity contribution in [2.75, 3.05) is 23.9 Å². The van der Waals surface area contributed by atoms with Crippen molar-refractivity contribution >= 4 is 34.8 Å². The molecule has 1 heterocycles. The highest BCUT2D eigenvalue weighted by Crippen LogP contribution is 2.37. The number of carbonyl (C=O) groups is 2. The summed E-state index contributed by atoms with van der Waals surface area (Å²) in [6, 6.07) is 19.6. The average Bonchev–Trinajstić information content (AvgIpc) is 2.82. The molecule has 0 bridgehead atoms. The van der Waals surface area contributed by atoms with Crippen LogP contribution in [0, 0.1) is 0 Å². The van der Waals surface area contributed by atoms with Crippen LogP contribution in [0.4, 0.5) is 11.4 Å². The maximum absolute atomic E-state index is 12.9. The number of para-hydroxylation sites is 2. The van der Waals surface area contributed by atoms with Crippen molar-refractivity contribution in [3.63, 3.8) is 0 Å². The first-order valence-corrected chi connectivity index (χ1v) is 10.7. The van der Waals surface area contributed by atoms with Gasteiger partial charge in [0.15, 0.2) is 24.2 Å². The minimum Gasteiger partial charge on any atom is -0.493 e. The normalized spacial score (nSPS) is 14.8. The van der Waals surface area contributed by atoms with E-state index in [1.54, 1.807) is 60.4 Å². The molecule has 0 radical (unpaired) electrons. The second-order valence-electron chi connectivity index (χ2n) is 7.48. The Hall–Kier alpha value is -3.71. The fourth-order valence-corrected chi connectivity index (χ4v) is 3.62. The molecule has 1 unspecified atom stereocenters. The zero-order valence-corrected chi connectivity index (χ0v) is 19.0. The first kappa shape index (κ1) is 22.5. The minimum absolute atomic E-state index is 0.166. The molecule has 1 aliphatic heterocycles. The van der Waals surface area contributed by atoms with E-state index in [2.05, 4.69) is 5.32 Å². The molecule has 0 aliphatic carbocycles. The van der Waals surface area contributed by atoms with Gasteiger partial charge in [0.2, 0.25) is 0 Å². The van der Waals surface area contributed by atoms with Crippen LogP contribution in [0.15, 0.2) is 66.7 Å². The molecule has 4 rings (SSSR count). The number of benzene rings is 3.